The van der Waals surface area contributed by atoms with Gasteiger partial charge in [-0.25, -0.2) is 20.1 Å². The molecule has 0 unspecified atom stereocenters. The summed E-state index contributed by atoms with van der Waals surface area (Å²) in [5.41, 5.74) is 19.2. The Bertz CT molecular complexity index is 7070. The van der Waals surface area contributed by atoms with Gasteiger partial charge in [-0.05, 0) is 89.9 Å². The summed E-state index contributed by atoms with van der Waals surface area (Å²) >= 11 is 5.10. The van der Waals surface area contributed by atoms with Gasteiger partial charge in [-0.15, -0.1) is 187 Å². The summed E-state index contributed by atoms with van der Waals surface area (Å²) in [6, 6.07) is 124. The van der Waals surface area contributed by atoms with Crippen molar-refractivity contribution in [2.75, 3.05) is 0 Å². The van der Waals surface area contributed by atoms with E-state index in [1.807, 2.05) is 231 Å². The number of carbonyl (C=O) groups is 2. The van der Waals surface area contributed by atoms with Gasteiger partial charge >= 0.3 is 52.1 Å². The number of para-hydroxylation sites is 3. The summed E-state index contributed by atoms with van der Waals surface area (Å²) in [5, 5.41) is 19.8. The summed E-state index contributed by atoms with van der Waals surface area (Å²) in [5.74, 6) is -0.139. The number of aromatic nitrogens is 17. The first-order valence-electron chi connectivity index (χ1n) is 40.5. The van der Waals surface area contributed by atoms with Gasteiger partial charge in [0, 0.05) is 122 Å². The van der Waals surface area contributed by atoms with Crippen LogP contribution in [0.25, 0.3) is 175 Å². The van der Waals surface area contributed by atoms with Crippen molar-refractivity contribution in [1.82, 2.24) is 84.7 Å². The number of nitrogens with zero attached hydrogens (tertiary/aromatic N) is 17. The van der Waals surface area contributed by atoms with Crippen LogP contribution in [0.1, 0.15) is 21.0 Å². The fourth-order valence-corrected chi connectivity index (χ4v) is 15.6. The summed E-state index contributed by atoms with van der Waals surface area (Å²) in [6.45, 7) is 9.75. The van der Waals surface area contributed by atoms with E-state index in [0.717, 1.165) is 150 Å². The minimum absolute atomic E-state index is 0. The molecule has 0 fully saturated rings. The molecule has 0 aliphatic carbocycles. The minimum Gasteiger partial charge on any atom is -0.545 e. The quantitative estimate of drug-likeness (QED) is 0.0711. The zero-order valence-corrected chi connectivity index (χ0v) is 84.4. The molecule has 31 heteroatoms. The molecule has 11 heterocycles. The van der Waals surface area contributed by atoms with Crippen LogP contribution in [0.4, 0.5) is 0 Å². The monoisotopic (exact) mass is 2570 g/mol. The zero-order chi connectivity index (χ0) is 93.7. The Labute approximate surface area is 865 Å². The van der Waals surface area contributed by atoms with Gasteiger partial charge in [0.15, 0.2) is 11.4 Å². The first-order valence-corrected chi connectivity index (χ1v) is 43.0. The molecule has 0 amide bonds. The zero-order valence-electron chi connectivity index (χ0n) is 72.1. The minimum atomic E-state index is -1.30. The predicted molar refractivity (Wildman–Crippen MR) is 523 cm³/mol. The van der Waals surface area contributed by atoms with E-state index < -0.39 is 11.9 Å². The number of hydrogen-bond donors (Lipinski definition) is 2. The number of thiazole rings is 3. The molecule has 0 saturated carbocycles. The molecular weight excluding hydrogens is 2510 g/mol. The Kier molecular flexibility index (Phi) is 41.6. The molecule has 24 nitrogen and oxygen atoms in total. The molecule has 0 bridgehead atoms. The van der Waals surface area contributed by atoms with Gasteiger partial charge in [0.05, 0.1) is 78.7 Å². The van der Waals surface area contributed by atoms with E-state index in [-0.39, 0.29) is 92.1 Å². The molecule has 11 aromatic carbocycles. The van der Waals surface area contributed by atoms with Gasteiger partial charge in [0.1, 0.15) is 0 Å². The van der Waals surface area contributed by atoms with E-state index in [9.17, 15) is 9.59 Å². The Balaban J connectivity index is 0.000000174. The third kappa shape index (κ3) is 29.0. The molecule has 682 valence electrons. The predicted octanol–water partition coefficient (Wildman–Crippen LogP) is 22.1. The topological polar surface area (TPSA) is 345 Å². The third-order valence-electron chi connectivity index (χ3n) is 18.8. The normalized spacial score (nSPS) is 9.93. The number of rotatable bonds is 15. The number of aromatic carboxylic acids is 2. The van der Waals surface area contributed by atoms with Gasteiger partial charge in [0.25, 0.3) is 0 Å². The van der Waals surface area contributed by atoms with Crippen LogP contribution in [0, 0.1) is 48.5 Å². The van der Waals surface area contributed by atoms with Gasteiger partial charge in [0.2, 0.25) is 0 Å². The Hall–Kier alpha value is -15.6. The van der Waals surface area contributed by atoms with Crippen molar-refractivity contribution in [3.63, 3.8) is 0 Å². The van der Waals surface area contributed by atoms with Crippen molar-refractivity contribution in [3.05, 3.63) is 432 Å². The van der Waals surface area contributed by atoms with Crippen molar-refractivity contribution in [1.29, 1.82) is 0 Å². The molecule has 0 spiro atoms. The molecular formula is C108H66Ir3N17O7ReS3-5. The van der Waals surface area contributed by atoms with E-state index in [1.165, 1.54) is 14.1 Å². The number of fused-ring (bicyclic) bond motifs is 3. The maximum atomic E-state index is 10.3. The third-order valence-corrected chi connectivity index (χ3v) is 22.0. The van der Waals surface area contributed by atoms with Crippen LogP contribution in [0.3, 0.4) is 0 Å². The largest absolute Gasteiger partial charge is 3.00 e. The van der Waals surface area contributed by atoms with Crippen LogP contribution in [-0.4, -0.2) is 127 Å². The number of benzene rings is 11. The molecule has 22 rings (SSSR count). The van der Waals surface area contributed by atoms with Gasteiger partial charge in [-0.1, -0.05) is 111 Å². The molecule has 0 aliphatic heterocycles. The van der Waals surface area contributed by atoms with Crippen LogP contribution in [0.15, 0.2) is 372 Å². The second-order valence-electron chi connectivity index (χ2n) is 27.5. The molecule has 2 N–H and O–H groups in total. The van der Waals surface area contributed by atoms with E-state index in [2.05, 4.69) is 177 Å². The second kappa shape index (κ2) is 54.8. The van der Waals surface area contributed by atoms with Gasteiger partial charge in [-0.3, -0.25) is 90.1 Å². The molecule has 2 radical (unpaired) electrons. The molecule has 0 atom stereocenters. The summed E-state index contributed by atoms with van der Waals surface area (Å²) in [7, 11) is 0. The van der Waals surface area contributed by atoms with Crippen molar-refractivity contribution in [2.45, 2.75) is 0 Å². The number of pyridine rings is 2. The van der Waals surface area contributed by atoms with Crippen LogP contribution in [0.5, 0.6) is 0 Å². The Morgan fingerprint density at radius 2 is 0.547 bits per heavy atom. The van der Waals surface area contributed by atoms with Crippen molar-refractivity contribution in [2.24, 2.45) is 0 Å². The smallest absolute Gasteiger partial charge is 0.545 e. The fraction of sp³-hybridized carbons (Fsp3) is 0. The summed E-state index contributed by atoms with van der Waals surface area (Å²) < 4.78 is 3.61. The average Bonchev–Trinajstić information content (AvgIpc) is 1.77. The van der Waals surface area contributed by atoms with E-state index in [1.54, 1.807) is 114 Å². The van der Waals surface area contributed by atoms with Crippen LogP contribution >= 0.6 is 34.0 Å². The molecule has 11 aromatic heterocycles. The Morgan fingerprint density at radius 1 is 0.245 bits per heavy atom. The maximum Gasteiger partial charge on any atom is 3.00 e. The fourth-order valence-electron chi connectivity index (χ4n) is 12.7. The van der Waals surface area contributed by atoms with Crippen molar-refractivity contribution < 1.29 is 115 Å². The SMILES string of the molecule is O=C(O)c1cncc(C(=O)O)n1.[CH-]=O.[CH-]=O.[CH-]=O.[Ir+3].[Ir+3].[Ir].[Re].[c-]1c(-c2nc3ccccc3s2)cccc1-c1nc2ccccc2s1.[c-]1c(-c2ncccn2)cccc1-c1ncccn1.[c-]1ccccc1-c1[c-]c(-c2nc3ccccc3s2)ccc1.[c-]1ccccc1-c1cccc(-c2ccccn2)n1.[c-]1ccccc1-c1cncc(-c2[c-]c(-c3ccnc(-c4[c-]c(-c5ncccn5)ccc4)n3)ccc2)n1. The summed E-state index contributed by atoms with van der Waals surface area (Å²) in [4.78, 5) is 117. The van der Waals surface area contributed by atoms with E-state index >= 15 is 0 Å². The molecule has 0 aliphatic rings. The van der Waals surface area contributed by atoms with Crippen molar-refractivity contribution in [3.8, 4) is 145 Å². The van der Waals surface area contributed by atoms with Gasteiger partial charge in [-0.2, -0.15) is 76.0 Å². The number of hydrogen-bond acceptors (Lipinski definition) is 25. The van der Waals surface area contributed by atoms with E-state index in [0.29, 0.717) is 23.3 Å². The van der Waals surface area contributed by atoms with Gasteiger partial charge < -0.3 is 34.6 Å². The standard InChI is InChI=1S/C30H17N6.C20H11N2S2.C19H11NS.C16H11N2.C14H9N4.C6H4N2O4.3CHO.3Ir.Re/c1-2-7-21(8-3-1)27-19-31-20-28(35-27)23-10-4-9-22(17-23)26-13-16-34-30(36-26)25-12-5-11-24(18-25)29-32-14-6-15-33-29;1-3-10-17-15(8-1)21-19(23-17)13-6-5-7-14(12-13)20-22-16-9-2-4-11-18(16)24-20;1-2-7-14(8-3-1)15-9-6-10-16(13-15)19-20-17-11-4-5-12-18(17)21-19;1-2-7-13(8-3-1)14-10-6-11-16(18-14)15-9-4-5-12-17-15;1-4-11(13-15-6-2-7-16-13)10-12(5-1)14-17-8-3-9-18-14;9-5(10)3-1-7-2-4(8-3)6(11)12;3*1-2;;;;/h1-7,9-16,19-20H;1-11H;1-7,9-12H;1-7,9-12H;1-9H;1-2H,(H,9,10)(H,11,12);3*1H;;;;/q-3;-1;-2;2*-1;;3*-1;;2*+3;. The van der Waals surface area contributed by atoms with E-state index in [4.69, 9.17) is 49.5 Å². The number of carbonyl (C=O) groups excluding carboxylic acids is 3. The second-order valence-corrected chi connectivity index (χ2v) is 30.6. The molecule has 139 heavy (non-hydrogen) atoms. The molecule has 0 saturated heterocycles. The number of carboxylic acids is 2. The molecule has 22 aromatic rings. The first-order chi connectivity index (χ1) is 66.6. The number of carboxylic acid groups (broad SMARTS) is 2. The van der Waals surface area contributed by atoms with Crippen LogP contribution in [0.2, 0.25) is 0 Å². The van der Waals surface area contributed by atoms with Crippen molar-refractivity contribution >= 4 is 97.0 Å². The maximum absolute atomic E-state index is 10.3. The average molecular weight is 2570 g/mol. The first kappa shape index (κ1) is 105. The van der Waals surface area contributed by atoms with Crippen LogP contribution in [-0.2, 0) is 95.1 Å². The summed E-state index contributed by atoms with van der Waals surface area (Å²) in [6.07, 6.45) is 19.2. The van der Waals surface area contributed by atoms with Crippen LogP contribution < -0.4 is 0 Å². The Morgan fingerprint density at radius 3 is 0.971 bits per heavy atom.